The highest BCUT2D eigenvalue weighted by Crippen LogP contribution is 2.43. The van der Waals surface area contributed by atoms with Crippen LogP contribution in [0.5, 0.6) is 11.5 Å². The normalized spacial score (nSPS) is 25.5. The van der Waals surface area contributed by atoms with Crippen LogP contribution >= 0.6 is 0 Å². The number of aliphatic carboxylic acids is 1. The minimum Gasteiger partial charge on any atom is -0.493 e. The lowest BCUT2D eigenvalue weighted by Gasteiger charge is -2.25. The molecule has 3 rings (SSSR count). The van der Waals surface area contributed by atoms with Crippen molar-refractivity contribution in [1.82, 2.24) is 4.90 Å². The largest absolute Gasteiger partial charge is 0.493 e. The first-order valence-electron chi connectivity index (χ1n) is 7.93. The number of carbonyl (C=O) groups excluding carboxylic acids is 1. The first kappa shape index (κ1) is 16.5. The van der Waals surface area contributed by atoms with Crippen LogP contribution in [0.15, 0.2) is 12.1 Å². The number of hydrogen-bond acceptors (Lipinski definition) is 4. The molecule has 0 radical (unpaired) electrons. The molecule has 0 aromatic heterocycles. The predicted octanol–water partition coefficient (Wildman–Crippen LogP) is 2.17. The van der Waals surface area contributed by atoms with Crippen LogP contribution in [0.4, 0.5) is 4.39 Å². The molecule has 24 heavy (non-hydrogen) atoms. The smallest absolute Gasteiger partial charge is 0.326 e. The van der Waals surface area contributed by atoms with Gasteiger partial charge in [0.05, 0.1) is 19.8 Å². The van der Waals surface area contributed by atoms with E-state index in [9.17, 15) is 19.1 Å². The number of fused-ring (bicyclic) bond motifs is 1. The number of carbonyl (C=O) groups is 2. The van der Waals surface area contributed by atoms with E-state index in [4.69, 9.17) is 9.47 Å². The Bertz CT molecular complexity index is 677. The Balaban J connectivity index is 1.95. The van der Waals surface area contributed by atoms with Gasteiger partial charge in [-0.25, -0.2) is 9.18 Å². The molecule has 1 saturated heterocycles. The molecule has 1 aromatic carbocycles. The van der Waals surface area contributed by atoms with Crippen molar-refractivity contribution in [1.29, 1.82) is 0 Å². The average molecular weight is 337 g/mol. The Morgan fingerprint density at radius 2 is 1.88 bits per heavy atom. The summed E-state index contributed by atoms with van der Waals surface area (Å²) >= 11 is 0. The van der Waals surface area contributed by atoms with Gasteiger partial charge in [-0.15, -0.1) is 0 Å². The second-order valence-corrected chi connectivity index (χ2v) is 6.28. The zero-order valence-electron chi connectivity index (χ0n) is 13.6. The number of carboxylic acid groups (broad SMARTS) is 1. The van der Waals surface area contributed by atoms with Crippen molar-refractivity contribution in [2.45, 2.75) is 25.3 Å². The third-order valence-corrected chi connectivity index (χ3v) is 5.11. The van der Waals surface area contributed by atoms with Crippen LogP contribution in [-0.2, 0) is 4.79 Å². The number of likely N-dealkylation sites (tertiary alicyclic amines) is 1. The van der Waals surface area contributed by atoms with E-state index < -0.39 is 23.7 Å². The molecule has 2 fully saturated rings. The highest BCUT2D eigenvalue weighted by Gasteiger charge is 2.50. The summed E-state index contributed by atoms with van der Waals surface area (Å²) in [6.45, 7) is 0.355. The summed E-state index contributed by atoms with van der Waals surface area (Å²) in [5, 5.41) is 9.55. The molecule has 3 atom stereocenters. The fourth-order valence-electron chi connectivity index (χ4n) is 4.00. The number of ether oxygens (including phenoxy) is 2. The highest BCUT2D eigenvalue weighted by atomic mass is 19.1. The summed E-state index contributed by atoms with van der Waals surface area (Å²) in [4.78, 5) is 25.8. The van der Waals surface area contributed by atoms with E-state index in [1.165, 1.54) is 25.2 Å². The molecule has 1 N–H and O–H groups in total. The van der Waals surface area contributed by atoms with E-state index in [0.29, 0.717) is 6.54 Å². The molecule has 1 heterocycles. The van der Waals surface area contributed by atoms with E-state index in [0.717, 1.165) is 25.3 Å². The van der Waals surface area contributed by atoms with Crippen molar-refractivity contribution >= 4 is 11.9 Å². The number of rotatable bonds is 4. The fourth-order valence-corrected chi connectivity index (χ4v) is 4.00. The van der Waals surface area contributed by atoms with E-state index in [-0.39, 0.29) is 28.9 Å². The maximum absolute atomic E-state index is 14.3. The van der Waals surface area contributed by atoms with Crippen LogP contribution in [0.25, 0.3) is 0 Å². The Hall–Kier alpha value is -2.31. The van der Waals surface area contributed by atoms with Crippen LogP contribution < -0.4 is 9.47 Å². The lowest BCUT2D eigenvalue weighted by Crippen LogP contribution is -2.43. The zero-order chi connectivity index (χ0) is 17.4. The fraction of sp³-hybridized carbons (Fsp3) is 0.529. The van der Waals surface area contributed by atoms with Gasteiger partial charge >= 0.3 is 5.97 Å². The Kier molecular flexibility index (Phi) is 4.34. The number of carboxylic acids is 1. The van der Waals surface area contributed by atoms with Gasteiger partial charge in [-0.2, -0.15) is 0 Å². The first-order chi connectivity index (χ1) is 11.5. The van der Waals surface area contributed by atoms with Gasteiger partial charge in [0.25, 0.3) is 5.91 Å². The van der Waals surface area contributed by atoms with Crippen molar-refractivity contribution in [2.24, 2.45) is 11.8 Å². The minimum atomic E-state index is -1.03. The number of methoxy groups -OCH3 is 2. The molecular weight excluding hydrogens is 317 g/mol. The van der Waals surface area contributed by atoms with Gasteiger partial charge in [-0.1, -0.05) is 6.42 Å². The van der Waals surface area contributed by atoms with Crippen LogP contribution in [-0.4, -0.2) is 48.7 Å². The van der Waals surface area contributed by atoms with Gasteiger partial charge < -0.3 is 19.5 Å². The summed E-state index contributed by atoms with van der Waals surface area (Å²) in [6, 6.07) is 1.46. The van der Waals surface area contributed by atoms with Crippen LogP contribution in [0.1, 0.15) is 29.6 Å². The molecule has 130 valence electrons. The summed E-state index contributed by atoms with van der Waals surface area (Å²) in [7, 11) is 2.77. The van der Waals surface area contributed by atoms with E-state index in [1.54, 1.807) is 0 Å². The Morgan fingerprint density at radius 3 is 2.50 bits per heavy atom. The maximum atomic E-state index is 14.3. The standard InChI is InChI=1S/C17H20FNO5/c1-23-13-6-11(12(18)7-14(13)24-2)16(20)19-8-9-4-3-5-10(9)15(19)17(21)22/h6-7,9-10,15H,3-5,8H2,1-2H3,(H,21,22). The molecule has 1 amide bonds. The molecule has 0 bridgehead atoms. The Morgan fingerprint density at radius 1 is 1.21 bits per heavy atom. The first-order valence-corrected chi connectivity index (χ1v) is 7.93. The van der Waals surface area contributed by atoms with Crippen molar-refractivity contribution in [2.75, 3.05) is 20.8 Å². The number of amides is 1. The quantitative estimate of drug-likeness (QED) is 0.911. The summed E-state index contributed by atoms with van der Waals surface area (Å²) in [5.41, 5.74) is -0.195. The molecule has 3 unspecified atom stereocenters. The molecule has 0 spiro atoms. The molecule has 6 nitrogen and oxygen atoms in total. The lowest BCUT2D eigenvalue weighted by molar-refractivity contribution is -0.142. The average Bonchev–Trinajstić information content (AvgIpc) is 3.13. The number of nitrogens with zero attached hydrogens (tertiary/aromatic N) is 1. The van der Waals surface area contributed by atoms with Crippen LogP contribution in [0.3, 0.4) is 0 Å². The van der Waals surface area contributed by atoms with Crippen molar-refractivity contribution in [3.05, 3.63) is 23.5 Å². The molecule has 1 saturated carbocycles. The summed E-state index contributed by atoms with van der Waals surface area (Å²) < 4.78 is 24.5. The van der Waals surface area contributed by atoms with E-state index in [1.807, 2.05) is 0 Å². The molecule has 7 heteroatoms. The molecule has 2 aliphatic rings. The number of benzene rings is 1. The SMILES string of the molecule is COc1cc(F)c(C(=O)N2CC3CCCC3C2C(=O)O)cc1OC. The second kappa shape index (κ2) is 6.30. The zero-order valence-corrected chi connectivity index (χ0v) is 13.6. The summed E-state index contributed by atoms with van der Waals surface area (Å²) in [5.74, 6) is -1.85. The highest BCUT2D eigenvalue weighted by molar-refractivity contribution is 5.98. The van der Waals surface area contributed by atoms with Crippen LogP contribution in [0, 0.1) is 17.7 Å². The number of hydrogen-bond donors (Lipinski definition) is 1. The Labute approximate surface area is 139 Å². The number of halogens is 1. The third kappa shape index (κ3) is 2.57. The van der Waals surface area contributed by atoms with Gasteiger partial charge in [-0.05, 0) is 30.7 Å². The third-order valence-electron chi connectivity index (χ3n) is 5.11. The molecule has 1 aliphatic heterocycles. The van der Waals surface area contributed by atoms with Crippen LogP contribution in [0.2, 0.25) is 0 Å². The van der Waals surface area contributed by atoms with Gasteiger partial charge in [0.15, 0.2) is 11.5 Å². The molecule has 1 aromatic rings. The van der Waals surface area contributed by atoms with Crippen molar-refractivity contribution in [3.63, 3.8) is 0 Å². The van der Waals surface area contributed by atoms with Gasteiger partial charge in [-0.3, -0.25) is 4.79 Å². The lowest BCUT2D eigenvalue weighted by atomic mass is 9.94. The van der Waals surface area contributed by atoms with Gasteiger partial charge in [0.2, 0.25) is 0 Å². The predicted molar refractivity (Wildman–Crippen MR) is 82.8 cm³/mol. The minimum absolute atomic E-state index is 0.0466. The van der Waals surface area contributed by atoms with Crippen molar-refractivity contribution in [3.8, 4) is 11.5 Å². The molecule has 1 aliphatic carbocycles. The van der Waals surface area contributed by atoms with E-state index in [2.05, 4.69) is 0 Å². The topological polar surface area (TPSA) is 76.1 Å². The molecular formula is C17H20FNO5. The van der Waals surface area contributed by atoms with E-state index >= 15 is 0 Å². The monoisotopic (exact) mass is 337 g/mol. The maximum Gasteiger partial charge on any atom is 0.326 e. The van der Waals surface area contributed by atoms with Crippen molar-refractivity contribution < 1.29 is 28.6 Å². The van der Waals surface area contributed by atoms with Gasteiger partial charge in [0, 0.05) is 12.6 Å². The second-order valence-electron chi connectivity index (χ2n) is 6.28. The van der Waals surface area contributed by atoms with Gasteiger partial charge in [0.1, 0.15) is 11.9 Å². The summed E-state index contributed by atoms with van der Waals surface area (Å²) in [6.07, 6.45) is 2.68.